The molecule has 4 rings (SSSR count). The highest BCUT2D eigenvalue weighted by Crippen LogP contribution is 2.40. The SMILES string of the molecule is CC1C(O)[C@@H]2CC(=O)N2C1C(=O)OC(c1ccccc1)c1ccccc1. The summed E-state index contributed by atoms with van der Waals surface area (Å²) in [7, 11) is 0. The van der Waals surface area contributed by atoms with Crippen LogP contribution in [-0.2, 0) is 14.3 Å². The minimum absolute atomic E-state index is 0.101. The molecule has 1 N–H and O–H groups in total. The summed E-state index contributed by atoms with van der Waals surface area (Å²) >= 11 is 0. The van der Waals surface area contributed by atoms with Crippen molar-refractivity contribution in [2.24, 2.45) is 5.92 Å². The van der Waals surface area contributed by atoms with E-state index in [1.54, 1.807) is 6.92 Å². The monoisotopic (exact) mass is 351 g/mol. The summed E-state index contributed by atoms with van der Waals surface area (Å²) in [6.45, 7) is 1.79. The number of amides is 1. The first-order valence-corrected chi connectivity index (χ1v) is 8.87. The van der Waals surface area contributed by atoms with Gasteiger partial charge >= 0.3 is 5.97 Å². The van der Waals surface area contributed by atoms with E-state index in [0.717, 1.165) is 11.1 Å². The van der Waals surface area contributed by atoms with Crippen LogP contribution in [0.25, 0.3) is 0 Å². The number of ether oxygens (including phenoxy) is 1. The Hall–Kier alpha value is -2.66. The summed E-state index contributed by atoms with van der Waals surface area (Å²) in [6, 6.07) is 18.1. The number of β-lactam (4-membered cyclic amide) rings is 1. The quantitative estimate of drug-likeness (QED) is 0.678. The lowest BCUT2D eigenvalue weighted by Crippen LogP contribution is -2.56. The summed E-state index contributed by atoms with van der Waals surface area (Å²) in [5.74, 6) is -0.910. The minimum Gasteiger partial charge on any atom is -0.451 e. The molecule has 26 heavy (non-hydrogen) atoms. The van der Waals surface area contributed by atoms with Crippen LogP contribution in [0.15, 0.2) is 60.7 Å². The van der Waals surface area contributed by atoms with Crippen molar-refractivity contribution >= 4 is 11.9 Å². The number of hydrogen-bond acceptors (Lipinski definition) is 4. The first-order chi connectivity index (χ1) is 12.6. The number of rotatable bonds is 4. The van der Waals surface area contributed by atoms with E-state index in [9.17, 15) is 14.7 Å². The van der Waals surface area contributed by atoms with Gasteiger partial charge in [0.25, 0.3) is 0 Å². The molecule has 3 unspecified atom stereocenters. The molecule has 2 aliphatic rings. The fourth-order valence-electron chi connectivity index (χ4n) is 3.99. The van der Waals surface area contributed by atoms with Crippen LogP contribution in [0.5, 0.6) is 0 Å². The van der Waals surface area contributed by atoms with Gasteiger partial charge in [0.1, 0.15) is 6.04 Å². The zero-order chi connectivity index (χ0) is 18.3. The number of aliphatic hydroxyl groups is 1. The van der Waals surface area contributed by atoms with Gasteiger partial charge in [-0.2, -0.15) is 0 Å². The molecule has 1 amide bonds. The van der Waals surface area contributed by atoms with Crippen LogP contribution in [0.2, 0.25) is 0 Å². The average molecular weight is 351 g/mol. The molecule has 0 aromatic heterocycles. The highest BCUT2D eigenvalue weighted by molar-refractivity contribution is 5.91. The number of fused-ring (bicyclic) bond motifs is 1. The summed E-state index contributed by atoms with van der Waals surface area (Å²) in [6.07, 6.45) is -0.933. The van der Waals surface area contributed by atoms with E-state index in [1.165, 1.54) is 4.90 Å². The molecule has 0 aliphatic carbocycles. The Kier molecular flexibility index (Phi) is 4.24. The maximum atomic E-state index is 13.0. The number of nitrogens with zero attached hydrogens (tertiary/aromatic N) is 1. The molecular formula is C21H21NO4. The summed E-state index contributed by atoms with van der Waals surface area (Å²) in [5, 5.41) is 10.3. The minimum atomic E-state index is -0.730. The Balaban J connectivity index is 1.62. The molecule has 4 atom stereocenters. The molecule has 2 heterocycles. The summed E-state index contributed by atoms with van der Waals surface area (Å²) < 4.78 is 5.88. The Bertz CT molecular complexity index is 768. The molecule has 2 fully saturated rings. The Labute approximate surface area is 152 Å². The van der Waals surface area contributed by atoms with Gasteiger partial charge < -0.3 is 14.7 Å². The molecule has 0 saturated carbocycles. The number of hydrogen-bond donors (Lipinski definition) is 1. The largest absolute Gasteiger partial charge is 0.451 e. The lowest BCUT2D eigenvalue weighted by Gasteiger charge is -2.38. The summed E-state index contributed by atoms with van der Waals surface area (Å²) in [5.41, 5.74) is 1.73. The highest BCUT2D eigenvalue weighted by Gasteiger charge is 2.58. The molecule has 2 aromatic carbocycles. The molecule has 2 saturated heterocycles. The number of esters is 1. The van der Waals surface area contributed by atoms with E-state index in [-0.39, 0.29) is 17.9 Å². The maximum absolute atomic E-state index is 13.0. The van der Waals surface area contributed by atoms with E-state index in [0.29, 0.717) is 6.42 Å². The Morgan fingerprint density at radius 1 is 1.08 bits per heavy atom. The average Bonchev–Trinajstić information content (AvgIpc) is 2.88. The molecule has 2 aromatic rings. The van der Waals surface area contributed by atoms with Crippen molar-refractivity contribution in [3.8, 4) is 0 Å². The van der Waals surface area contributed by atoms with Crippen molar-refractivity contribution in [3.63, 3.8) is 0 Å². The van der Waals surface area contributed by atoms with Gasteiger partial charge in [0, 0.05) is 12.3 Å². The third-order valence-electron chi connectivity index (χ3n) is 5.44. The van der Waals surface area contributed by atoms with Crippen LogP contribution < -0.4 is 0 Å². The molecule has 134 valence electrons. The van der Waals surface area contributed by atoms with Crippen molar-refractivity contribution in [2.75, 3.05) is 0 Å². The number of carbonyl (C=O) groups is 2. The number of aliphatic hydroxyl groups excluding tert-OH is 1. The fourth-order valence-corrected chi connectivity index (χ4v) is 3.99. The standard InChI is InChI=1S/C21H21NO4/c1-13-18(22-16(19(13)24)12-17(22)23)21(25)26-20(14-8-4-2-5-9-14)15-10-6-3-7-11-15/h2-11,13,16,18-20,24H,12H2,1H3/t13?,16-,18?,19?/m0/s1. The molecule has 0 radical (unpaired) electrons. The predicted molar refractivity (Wildman–Crippen MR) is 95.0 cm³/mol. The molecule has 0 spiro atoms. The van der Waals surface area contributed by atoms with E-state index < -0.39 is 24.2 Å². The molecule has 5 nitrogen and oxygen atoms in total. The van der Waals surface area contributed by atoms with Gasteiger partial charge in [-0.15, -0.1) is 0 Å². The van der Waals surface area contributed by atoms with E-state index in [2.05, 4.69) is 0 Å². The zero-order valence-electron chi connectivity index (χ0n) is 14.5. The van der Waals surface area contributed by atoms with Crippen LogP contribution in [0.3, 0.4) is 0 Å². The van der Waals surface area contributed by atoms with Crippen LogP contribution in [0.4, 0.5) is 0 Å². The Morgan fingerprint density at radius 2 is 1.62 bits per heavy atom. The maximum Gasteiger partial charge on any atom is 0.330 e. The fraction of sp³-hybridized carbons (Fsp3) is 0.333. The van der Waals surface area contributed by atoms with Gasteiger partial charge in [-0.1, -0.05) is 67.6 Å². The van der Waals surface area contributed by atoms with Gasteiger partial charge in [-0.25, -0.2) is 4.79 Å². The third-order valence-corrected chi connectivity index (χ3v) is 5.44. The Morgan fingerprint density at radius 3 is 2.12 bits per heavy atom. The predicted octanol–water partition coefficient (Wildman–Crippen LogP) is 2.30. The van der Waals surface area contributed by atoms with Crippen LogP contribution in [0.1, 0.15) is 30.6 Å². The highest BCUT2D eigenvalue weighted by atomic mass is 16.5. The third kappa shape index (κ3) is 2.69. The first-order valence-electron chi connectivity index (χ1n) is 8.87. The first kappa shape index (κ1) is 16.8. The second-order valence-electron chi connectivity index (χ2n) is 7.01. The van der Waals surface area contributed by atoms with Gasteiger partial charge in [-0.3, -0.25) is 4.79 Å². The topological polar surface area (TPSA) is 66.8 Å². The van der Waals surface area contributed by atoms with E-state index in [4.69, 9.17) is 4.74 Å². The van der Waals surface area contributed by atoms with Gasteiger partial charge in [0.15, 0.2) is 6.10 Å². The molecular weight excluding hydrogens is 330 g/mol. The van der Waals surface area contributed by atoms with Gasteiger partial charge in [0.05, 0.1) is 12.1 Å². The number of benzene rings is 2. The second-order valence-corrected chi connectivity index (χ2v) is 7.01. The van der Waals surface area contributed by atoms with E-state index >= 15 is 0 Å². The molecule has 5 heteroatoms. The van der Waals surface area contributed by atoms with Crippen LogP contribution in [-0.4, -0.2) is 40.1 Å². The molecule has 2 aliphatic heterocycles. The lowest BCUT2D eigenvalue weighted by molar-refractivity contribution is -0.164. The molecule has 0 bridgehead atoms. The lowest BCUT2D eigenvalue weighted by atomic mass is 9.96. The van der Waals surface area contributed by atoms with E-state index in [1.807, 2.05) is 60.7 Å². The van der Waals surface area contributed by atoms with Crippen molar-refractivity contribution in [1.82, 2.24) is 4.90 Å². The zero-order valence-corrected chi connectivity index (χ0v) is 14.5. The van der Waals surface area contributed by atoms with Crippen LogP contribution in [0, 0.1) is 5.92 Å². The van der Waals surface area contributed by atoms with Crippen molar-refractivity contribution in [1.29, 1.82) is 0 Å². The van der Waals surface area contributed by atoms with Gasteiger partial charge in [-0.05, 0) is 11.1 Å². The van der Waals surface area contributed by atoms with Crippen molar-refractivity contribution < 1.29 is 19.4 Å². The summed E-state index contributed by atoms with van der Waals surface area (Å²) in [4.78, 5) is 26.4. The second kappa shape index (κ2) is 6.57. The van der Waals surface area contributed by atoms with Gasteiger partial charge in [0.2, 0.25) is 5.91 Å². The van der Waals surface area contributed by atoms with Crippen LogP contribution >= 0.6 is 0 Å². The number of carbonyl (C=O) groups excluding carboxylic acids is 2. The van der Waals surface area contributed by atoms with Crippen molar-refractivity contribution in [2.45, 2.75) is 37.6 Å². The smallest absolute Gasteiger partial charge is 0.330 e. The normalized spacial score (nSPS) is 27.2. The van der Waals surface area contributed by atoms with Crippen molar-refractivity contribution in [3.05, 3.63) is 71.8 Å².